The summed E-state index contributed by atoms with van der Waals surface area (Å²) >= 11 is 0. The maximum Gasteiger partial charge on any atom is 0.130 e. The summed E-state index contributed by atoms with van der Waals surface area (Å²) in [5.41, 5.74) is 6.28. The molecule has 0 saturated heterocycles. The molecule has 0 radical (unpaired) electrons. The molecular weight excluding hydrogens is 508 g/mol. The van der Waals surface area contributed by atoms with Crippen molar-refractivity contribution in [2.45, 2.75) is 60.4 Å². The van der Waals surface area contributed by atoms with E-state index in [9.17, 15) is 10.2 Å². The molecule has 218 valence electrons. The minimum Gasteiger partial charge on any atom is -0.508 e. The van der Waals surface area contributed by atoms with Crippen LogP contribution in [0, 0.1) is 19.8 Å². The molecule has 1 aliphatic carbocycles. The van der Waals surface area contributed by atoms with Crippen LogP contribution in [0.15, 0.2) is 78.6 Å². The number of rotatable bonds is 8. The Morgan fingerprint density at radius 3 is 2.02 bits per heavy atom. The number of ether oxygens (including phenoxy) is 1. The van der Waals surface area contributed by atoms with Gasteiger partial charge in [-0.1, -0.05) is 56.3 Å². The lowest BCUT2D eigenvalue weighted by molar-refractivity contribution is 0.266. The smallest absolute Gasteiger partial charge is 0.130 e. The van der Waals surface area contributed by atoms with Crippen molar-refractivity contribution < 1.29 is 14.9 Å². The van der Waals surface area contributed by atoms with Crippen LogP contribution in [0.1, 0.15) is 55.5 Å². The molecule has 3 aromatic rings. The molecule has 0 aromatic heterocycles. The first-order valence-corrected chi connectivity index (χ1v) is 15.0. The van der Waals surface area contributed by atoms with Crippen molar-refractivity contribution in [2.24, 2.45) is 5.92 Å². The molecule has 0 fully saturated rings. The van der Waals surface area contributed by atoms with E-state index in [0.717, 1.165) is 66.5 Å². The van der Waals surface area contributed by atoms with Gasteiger partial charge in [-0.05, 0) is 99.3 Å². The molecule has 5 heteroatoms. The molecule has 0 bridgehead atoms. The Bertz CT molecular complexity index is 1390. The SMILES string of the molecule is CCN(CC)C1C=CC2Cc3ccc(C)cc3OC2=C1.CCN(CC)c1ccc(Cc2ccc(C)cc2O)c(O)c1. The topological polar surface area (TPSA) is 56.2 Å². The van der Waals surface area contributed by atoms with Crippen LogP contribution in [0.3, 0.4) is 0 Å². The molecule has 0 spiro atoms. The summed E-state index contributed by atoms with van der Waals surface area (Å²) in [4.78, 5) is 4.63. The van der Waals surface area contributed by atoms with Crippen LogP contribution in [-0.2, 0) is 12.8 Å². The number of likely N-dealkylation sites (N-methyl/N-ethyl adjacent to an activating group) is 1. The van der Waals surface area contributed by atoms with Gasteiger partial charge in [-0.3, -0.25) is 4.90 Å². The zero-order chi connectivity index (χ0) is 29.5. The molecular formula is C36H46N2O3. The highest BCUT2D eigenvalue weighted by molar-refractivity contribution is 5.55. The van der Waals surface area contributed by atoms with Gasteiger partial charge in [-0.25, -0.2) is 0 Å². The molecule has 1 heterocycles. The highest BCUT2D eigenvalue weighted by Crippen LogP contribution is 2.36. The molecule has 2 aliphatic rings. The standard InChI is InChI=1S/C18H23NO2.C18H23NO/c1-4-19(5-2)16-9-8-15(18(21)12-16)11-14-7-6-13(3)10-17(14)20;1-4-19(5-2)16-9-8-15-11-14-7-6-13(3)10-17(14)20-18(15)12-16/h6-10,12,20-21H,4-5,11H2,1-3H3;6-10,12,15-16H,4-5,11H2,1-3H3. The molecule has 5 nitrogen and oxygen atoms in total. The zero-order valence-electron chi connectivity index (χ0n) is 25.5. The van der Waals surface area contributed by atoms with Gasteiger partial charge in [0.2, 0.25) is 0 Å². The van der Waals surface area contributed by atoms with E-state index in [4.69, 9.17) is 4.74 Å². The van der Waals surface area contributed by atoms with E-state index in [1.165, 1.54) is 11.1 Å². The number of fused-ring (bicyclic) bond motifs is 2. The summed E-state index contributed by atoms with van der Waals surface area (Å²) in [6, 6.07) is 18.3. The first-order chi connectivity index (χ1) is 19.8. The van der Waals surface area contributed by atoms with E-state index in [0.29, 0.717) is 18.4 Å². The molecule has 2 unspecified atom stereocenters. The molecule has 2 atom stereocenters. The zero-order valence-corrected chi connectivity index (χ0v) is 25.5. The average Bonchev–Trinajstić information content (AvgIpc) is 2.96. The van der Waals surface area contributed by atoms with Crippen molar-refractivity contribution in [3.63, 3.8) is 0 Å². The van der Waals surface area contributed by atoms with Gasteiger partial charge < -0.3 is 19.8 Å². The van der Waals surface area contributed by atoms with E-state index in [1.807, 2.05) is 31.2 Å². The van der Waals surface area contributed by atoms with Crippen molar-refractivity contribution in [1.82, 2.24) is 4.90 Å². The number of phenols is 2. The lowest BCUT2D eigenvalue weighted by Crippen LogP contribution is -2.35. The average molecular weight is 555 g/mol. The Kier molecular flexibility index (Phi) is 10.2. The maximum atomic E-state index is 10.2. The number of benzene rings is 3. The van der Waals surface area contributed by atoms with Crippen LogP contribution >= 0.6 is 0 Å². The fraction of sp³-hybridized carbons (Fsp3) is 0.389. The van der Waals surface area contributed by atoms with Crippen molar-refractivity contribution in [3.8, 4) is 17.2 Å². The molecule has 0 saturated carbocycles. The van der Waals surface area contributed by atoms with Crippen molar-refractivity contribution in [3.05, 3.63) is 106 Å². The minimum atomic E-state index is 0.277. The fourth-order valence-corrected chi connectivity index (χ4v) is 5.65. The number of phenolic OH excluding ortho intramolecular Hbond substituents is 2. The summed E-state index contributed by atoms with van der Waals surface area (Å²) in [5.74, 6) is 3.14. The van der Waals surface area contributed by atoms with E-state index in [-0.39, 0.29) is 11.5 Å². The van der Waals surface area contributed by atoms with Gasteiger partial charge >= 0.3 is 0 Å². The van der Waals surface area contributed by atoms with Crippen LogP contribution in [0.25, 0.3) is 0 Å². The summed E-state index contributed by atoms with van der Waals surface area (Å²) in [6.45, 7) is 16.6. The quantitative estimate of drug-likeness (QED) is 0.282. The fourth-order valence-electron chi connectivity index (χ4n) is 5.65. The number of anilines is 1. The molecule has 41 heavy (non-hydrogen) atoms. The third-order valence-corrected chi connectivity index (χ3v) is 8.18. The first kappa shape index (κ1) is 30.3. The van der Waals surface area contributed by atoms with Gasteiger partial charge in [-0.15, -0.1) is 0 Å². The van der Waals surface area contributed by atoms with Crippen molar-refractivity contribution >= 4 is 5.69 Å². The lowest BCUT2D eigenvalue weighted by atomic mass is 9.88. The van der Waals surface area contributed by atoms with E-state index in [2.05, 4.69) is 80.8 Å². The van der Waals surface area contributed by atoms with Gasteiger partial charge in [0.25, 0.3) is 0 Å². The molecule has 3 aromatic carbocycles. The van der Waals surface area contributed by atoms with Crippen LogP contribution in [-0.4, -0.2) is 47.3 Å². The Balaban J connectivity index is 0.000000189. The second-order valence-corrected chi connectivity index (χ2v) is 11.0. The third-order valence-electron chi connectivity index (χ3n) is 8.18. The first-order valence-electron chi connectivity index (χ1n) is 15.0. The van der Waals surface area contributed by atoms with E-state index in [1.54, 1.807) is 12.1 Å². The predicted molar refractivity (Wildman–Crippen MR) is 170 cm³/mol. The number of hydrogen-bond acceptors (Lipinski definition) is 5. The summed E-state index contributed by atoms with van der Waals surface area (Å²) < 4.78 is 6.17. The largest absolute Gasteiger partial charge is 0.508 e. The maximum absolute atomic E-state index is 10.2. The van der Waals surface area contributed by atoms with Gasteiger partial charge in [-0.2, -0.15) is 0 Å². The molecule has 1 aliphatic heterocycles. The Hall–Kier alpha value is -3.70. The van der Waals surface area contributed by atoms with Crippen LogP contribution < -0.4 is 9.64 Å². The third kappa shape index (κ3) is 7.34. The summed E-state index contributed by atoms with van der Waals surface area (Å²) in [6.07, 6.45) is 8.52. The Labute approximate surface area is 246 Å². The van der Waals surface area contributed by atoms with E-state index < -0.39 is 0 Å². The minimum absolute atomic E-state index is 0.277. The molecule has 0 amide bonds. The van der Waals surface area contributed by atoms with Crippen LogP contribution in [0.4, 0.5) is 5.69 Å². The van der Waals surface area contributed by atoms with Gasteiger partial charge in [0.05, 0.1) is 0 Å². The normalized spacial score (nSPS) is 17.1. The lowest BCUT2D eigenvalue weighted by Gasteiger charge is -2.33. The Morgan fingerprint density at radius 2 is 1.39 bits per heavy atom. The highest BCUT2D eigenvalue weighted by Gasteiger charge is 2.28. The van der Waals surface area contributed by atoms with E-state index >= 15 is 0 Å². The number of aryl methyl sites for hydroxylation is 2. The summed E-state index contributed by atoms with van der Waals surface area (Å²) in [7, 11) is 0. The van der Waals surface area contributed by atoms with Gasteiger partial charge in [0.15, 0.2) is 0 Å². The number of allylic oxidation sites excluding steroid dienone is 1. The summed E-state index contributed by atoms with van der Waals surface area (Å²) in [5, 5.41) is 20.2. The highest BCUT2D eigenvalue weighted by atomic mass is 16.5. The number of hydrogen-bond donors (Lipinski definition) is 2. The monoisotopic (exact) mass is 554 g/mol. The Morgan fingerprint density at radius 1 is 0.756 bits per heavy atom. The number of nitrogens with zero attached hydrogens (tertiary/aromatic N) is 2. The van der Waals surface area contributed by atoms with Gasteiger partial charge in [0, 0.05) is 43.2 Å². The van der Waals surface area contributed by atoms with Gasteiger partial charge in [0.1, 0.15) is 23.0 Å². The predicted octanol–water partition coefficient (Wildman–Crippen LogP) is 7.55. The second kappa shape index (κ2) is 13.8. The van der Waals surface area contributed by atoms with Crippen LogP contribution in [0.2, 0.25) is 0 Å². The van der Waals surface area contributed by atoms with Crippen molar-refractivity contribution in [1.29, 1.82) is 0 Å². The van der Waals surface area contributed by atoms with Crippen LogP contribution in [0.5, 0.6) is 17.2 Å². The molecule has 5 rings (SSSR count). The second-order valence-electron chi connectivity index (χ2n) is 11.0. The molecule has 2 N–H and O–H groups in total. The van der Waals surface area contributed by atoms with Crippen molar-refractivity contribution in [2.75, 3.05) is 31.1 Å². The number of aromatic hydroxyl groups is 2.